The molecular weight excluding hydrogens is 305 g/mol. The summed E-state index contributed by atoms with van der Waals surface area (Å²) < 4.78 is 11.4. The second-order valence-corrected chi connectivity index (χ2v) is 5.07. The molecular formula is C12H17BrClNO2. The zero-order valence-corrected chi connectivity index (χ0v) is 12.5. The summed E-state index contributed by atoms with van der Waals surface area (Å²) in [6.45, 7) is 2.67. The lowest BCUT2D eigenvalue weighted by atomic mass is 10.2. The van der Waals surface area contributed by atoms with Crippen molar-refractivity contribution in [1.82, 2.24) is 5.32 Å². The first-order valence-corrected chi connectivity index (χ1v) is 6.48. The summed E-state index contributed by atoms with van der Waals surface area (Å²) in [5, 5.41) is 4.06. The molecule has 0 saturated carbocycles. The maximum Gasteiger partial charge on any atom is 0.171 e. The Bertz CT molecular complexity index is 358. The van der Waals surface area contributed by atoms with E-state index in [2.05, 4.69) is 21.2 Å². The Balaban J connectivity index is 2.57. The van der Waals surface area contributed by atoms with Gasteiger partial charge in [0.2, 0.25) is 0 Å². The molecule has 0 saturated heterocycles. The van der Waals surface area contributed by atoms with E-state index in [1.807, 2.05) is 25.1 Å². The summed E-state index contributed by atoms with van der Waals surface area (Å²) in [7, 11) is 3.25. The van der Waals surface area contributed by atoms with Crippen molar-refractivity contribution in [3.8, 4) is 0 Å². The number of halogens is 2. The first kappa shape index (κ1) is 14.9. The van der Waals surface area contributed by atoms with Crippen LogP contribution in [0.2, 0.25) is 5.02 Å². The van der Waals surface area contributed by atoms with Crippen LogP contribution in [0.25, 0.3) is 0 Å². The van der Waals surface area contributed by atoms with Crippen LogP contribution in [0.3, 0.4) is 0 Å². The van der Waals surface area contributed by atoms with Crippen molar-refractivity contribution < 1.29 is 9.47 Å². The highest BCUT2D eigenvalue weighted by atomic mass is 79.9. The number of rotatable bonds is 6. The Labute approximate surface area is 116 Å². The van der Waals surface area contributed by atoms with E-state index < -0.39 is 0 Å². The van der Waals surface area contributed by atoms with Crippen molar-refractivity contribution in [3.05, 3.63) is 33.3 Å². The van der Waals surface area contributed by atoms with E-state index in [1.54, 1.807) is 14.2 Å². The van der Waals surface area contributed by atoms with Crippen LogP contribution in [0.15, 0.2) is 22.7 Å². The summed E-state index contributed by atoms with van der Waals surface area (Å²) in [5.41, 5.74) is 1.04. The number of hydrogen-bond donors (Lipinski definition) is 1. The second-order valence-electron chi connectivity index (χ2n) is 3.75. The SMILES string of the molecule is COC(OC)C(C)NCc1cc(Br)ccc1Cl. The summed E-state index contributed by atoms with van der Waals surface area (Å²) in [6, 6.07) is 5.87. The molecule has 1 aromatic carbocycles. The molecule has 0 aromatic heterocycles. The maximum atomic E-state index is 6.10. The van der Waals surface area contributed by atoms with Gasteiger partial charge in [0, 0.05) is 30.3 Å². The van der Waals surface area contributed by atoms with Gasteiger partial charge in [0.1, 0.15) is 0 Å². The average Bonchev–Trinajstić information content (AvgIpc) is 2.32. The summed E-state index contributed by atoms with van der Waals surface area (Å²) in [5.74, 6) is 0. The van der Waals surface area contributed by atoms with E-state index in [1.165, 1.54) is 0 Å². The van der Waals surface area contributed by atoms with Gasteiger partial charge in [0.05, 0.1) is 6.04 Å². The van der Waals surface area contributed by atoms with E-state index in [4.69, 9.17) is 21.1 Å². The Morgan fingerprint density at radius 2 is 2.00 bits per heavy atom. The fourth-order valence-corrected chi connectivity index (χ4v) is 2.14. The minimum absolute atomic E-state index is 0.0834. The van der Waals surface area contributed by atoms with Gasteiger partial charge in [-0.25, -0.2) is 0 Å². The third-order valence-corrected chi connectivity index (χ3v) is 3.36. The van der Waals surface area contributed by atoms with Crippen LogP contribution in [0.1, 0.15) is 12.5 Å². The van der Waals surface area contributed by atoms with Crippen molar-refractivity contribution in [2.45, 2.75) is 25.8 Å². The van der Waals surface area contributed by atoms with Crippen LogP contribution in [0.4, 0.5) is 0 Å². The minimum Gasteiger partial charge on any atom is -0.354 e. The molecule has 0 heterocycles. The highest BCUT2D eigenvalue weighted by molar-refractivity contribution is 9.10. The van der Waals surface area contributed by atoms with Crippen molar-refractivity contribution >= 4 is 27.5 Å². The fourth-order valence-electron chi connectivity index (χ4n) is 1.55. The van der Waals surface area contributed by atoms with E-state index >= 15 is 0 Å². The Morgan fingerprint density at radius 1 is 1.35 bits per heavy atom. The second kappa shape index (κ2) is 7.34. The van der Waals surface area contributed by atoms with Gasteiger partial charge in [0.15, 0.2) is 6.29 Å². The number of ether oxygens (including phenoxy) is 2. The monoisotopic (exact) mass is 321 g/mol. The van der Waals surface area contributed by atoms with Crippen LogP contribution >= 0.6 is 27.5 Å². The topological polar surface area (TPSA) is 30.5 Å². The molecule has 0 fully saturated rings. The van der Waals surface area contributed by atoms with Crippen molar-refractivity contribution in [2.24, 2.45) is 0 Å². The van der Waals surface area contributed by atoms with Gasteiger partial charge in [-0.3, -0.25) is 0 Å². The summed E-state index contributed by atoms with van der Waals surface area (Å²) in [4.78, 5) is 0. The standard InChI is InChI=1S/C12H17BrClNO2/c1-8(12(16-2)17-3)15-7-9-6-10(13)4-5-11(9)14/h4-6,8,12,15H,7H2,1-3H3. The highest BCUT2D eigenvalue weighted by Gasteiger charge is 2.15. The Morgan fingerprint density at radius 3 is 2.59 bits per heavy atom. The first-order chi connectivity index (χ1) is 8.08. The largest absolute Gasteiger partial charge is 0.354 e. The molecule has 0 aliphatic carbocycles. The van der Waals surface area contributed by atoms with Gasteiger partial charge in [-0.2, -0.15) is 0 Å². The molecule has 0 amide bonds. The summed E-state index contributed by atoms with van der Waals surface area (Å²) in [6.07, 6.45) is -0.263. The van der Waals surface area contributed by atoms with E-state index in [-0.39, 0.29) is 12.3 Å². The van der Waals surface area contributed by atoms with Crippen LogP contribution in [-0.2, 0) is 16.0 Å². The predicted octanol–water partition coefficient (Wildman–Crippen LogP) is 3.20. The normalized spacial score (nSPS) is 13.1. The molecule has 0 radical (unpaired) electrons. The number of nitrogens with one attached hydrogen (secondary N) is 1. The molecule has 1 atom stereocenters. The molecule has 0 spiro atoms. The molecule has 1 rings (SSSR count). The summed E-state index contributed by atoms with van der Waals surface area (Å²) >= 11 is 9.53. The van der Waals surface area contributed by atoms with Gasteiger partial charge >= 0.3 is 0 Å². The lowest BCUT2D eigenvalue weighted by Crippen LogP contribution is -2.39. The fraction of sp³-hybridized carbons (Fsp3) is 0.500. The van der Waals surface area contributed by atoms with E-state index in [9.17, 15) is 0 Å². The van der Waals surface area contributed by atoms with Gasteiger partial charge < -0.3 is 14.8 Å². The molecule has 0 bridgehead atoms. The zero-order chi connectivity index (χ0) is 12.8. The lowest BCUT2D eigenvalue weighted by Gasteiger charge is -2.22. The zero-order valence-electron chi connectivity index (χ0n) is 10.2. The third-order valence-electron chi connectivity index (χ3n) is 2.50. The predicted molar refractivity (Wildman–Crippen MR) is 73.3 cm³/mol. The molecule has 1 unspecified atom stereocenters. The van der Waals surface area contributed by atoms with Crippen molar-refractivity contribution in [2.75, 3.05) is 14.2 Å². The first-order valence-electron chi connectivity index (χ1n) is 5.31. The molecule has 5 heteroatoms. The van der Waals surface area contributed by atoms with E-state index in [0.29, 0.717) is 6.54 Å². The molecule has 3 nitrogen and oxygen atoms in total. The molecule has 96 valence electrons. The van der Waals surface area contributed by atoms with E-state index in [0.717, 1.165) is 15.1 Å². The number of hydrogen-bond acceptors (Lipinski definition) is 3. The van der Waals surface area contributed by atoms with Crippen LogP contribution in [0, 0.1) is 0 Å². The average molecular weight is 323 g/mol. The minimum atomic E-state index is -0.263. The Kier molecular flexibility index (Phi) is 6.44. The van der Waals surface area contributed by atoms with Gasteiger partial charge in [0.25, 0.3) is 0 Å². The Hall–Kier alpha value is -0.130. The van der Waals surface area contributed by atoms with Crippen LogP contribution < -0.4 is 5.32 Å². The highest BCUT2D eigenvalue weighted by Crippen LogP contribution is 2.21. The number of methoxy groups -OCH3 is 2. The molecule has 0 aliphatic rings. The van der Waals surface area contributed by atoms with Crippen molar-refractivity contribution in [1.29, 1.82) is 0 Å². The van der Waals surface area contributed by atoms with Gasteiger partial charge in [-0.15, -0.1) is 0 Å². The molecule has 1 aromatic rings. The van der Waals surface area contributed by atoms with Crippen LogP contribution in [-0.4, -0.2) is 26.6 Å². The molecule has 17 heavy (non-hydrogen) atoms. The quantitative estimate of drug-likeness (QED) is 0.816. The lowest BCUT2D eigenvalue weighted by molar-refractivity contribution is -0.119. The third kappa shape index (κ3) is 4.56. The number of benzene rings is 1. The smallest absolute Gasteiger partial charge is 0.171 e. The molecule has 0 aliphatic heterocycles. The molecule has 1 N–H and O–H groups in total. The maximum absolute atomic E-state index is 6.10. The van der Waals surface area contributed by atoms with Crippen molar-refractivity contribution in [3.63, 3.8) is 0 Å². The van der Waals surface area contributed by atoms with Crippen LogP contribution in [0.5, 0.6) is 0 Å². The van der Waals surface area contributed by atoms with Gasteiger partial charge in [-0.05, 0) is 30.7 Å². The van der Waals surface area contributed by atoms with Gasteiger partial charge in [-0.1, -0.05) is 27.5 Å².